The Hall–Kier alpha value is -1.85. The number of nitrogens with two attached hydrogens (primary N) is 1. The molecule has 2 heterocycles. The van der Waals surface area contributed by atoms with Crippen LogP contribution in [0.1, 0.15) is 0 Å². The number of benzene rings is 1. The molecule has 0 amide bonds. The van der Waals surface area contributed by atoms with Crippen molar-refractivity contribution >= 4 is 23.1 Å². The Morgan fingerprint density at radius 1 is 1.14 bits per heavy atom. The number of hydrogen-bond acceptors (Lipinski definition) is 5. The third-order valence-electron chi connectivity index (χ3n) is 3.76. The zero-order valence-corrected chi connectivity index (χ0v) is 12.7. The second kappa shape index (κ2) is 5.87. The van der Waals surface area contributed by atoms with Crippen LogP contribution in [0.2, 0.25) is 5.02 Å². The minimum atomic E-state index is 0.615. The molecule has 0 spiro atoms. The van der Waals surface area contributed by atoms with E-state index in [2.05, 4.69) is 26.8 Å². The third kappa shape index (κ3) is 2.94. The van der Waals surface area contributed by atoms with Gasteiger partial charge in [-0.05, 0) is 19.2 Å². The maximum absolute atomic E-state index is 6.31. The fraction of sp³-hybridized carbons (Fsp3) is 0.333. The van der Waals surface area contributed by atoms with Crippen molar-refractivity contribution in [3.63, 3.8) is 0 Å². The molecule has 0 atom stereocenters. The summed E-state index contributed by atoms with van der Waals surface area (Å²) in [4.78, 5) is 13.2. The molecule has 5 nitrogen and oxygen atoms in total. The molecule has 0 saturated carbocycles. The largest absolute Gasteiger partial charge is 0.394 e. The van der Waals surface area contributed by atoms with Crippen LogP contribution < -0.4 is 10.6 Å². The SMILES string of the molecule is CN1CCN(c2ncnc(-c3cccc(Cl)c3)c2N)CC1. The second-order valence-corrected chi connectivity index (χ2v) is 5.70. The molecule has 0 unspecified atom stereocenters. The average molecular weight is 304 g/mol. The van der Waals surface area contributed by atoms with Gasteiger partial charge in [-0.25, -0.2) is 9.97 Å². The van der Waals surface area contributed by atoms with E-state index in [1.165, 1.54) is 0 Å². The zero-order valence-electron chi connectivity index (χ0n) is 12.0. The number of likely N-dealkylation sites (N-methyl/N-ethyl adjacent to an activating group) is 1. The summed E-state index contributed by atoms with van der Waals surface area (Å²) in [5, 5.41) is 0.673. The summed E-state index contributed by atoms with van der Waals surface area (Å²) in [7, 11) is 2.12. The molecular formula is C15H18ClN5. The summed E-state index contributed by atoms with van der Waals surface area (Å²) in [6.07, 6.45) is 1.57. The monoisotopic (exact) mass is 303 g/mol. The van der Waals surface area contributed by atoms with E-state index >= 15 is 0 Å². The molecule has 1 aliphatic heterocycles. The van der Waals surface area contributed by atoms with Crippen LogP contribution in [0.4, 0.5) is 11.5 Å². The molecular weight excluding hydrogens is 286 g/mol. The first-order valence-corrected chi connectivity index (χ1v) is 7.33. The van der Waals surface area contributed by atoms with Crippen LogP contribution in [0.25, 0.3) is 11.3 Å². The van der Waals surface area contributed by atoms with Gasteiger partial charge in [0, 0.05) is 36.8 Å². The minimum Gasteiger partial charge on any atom is -0.394 e. The van der Waals surface area contributed by atoms with E-state index in [0.29, 0.717) is 10.7 Å². The van der Waals surface area contributed by atoms with Crippen LogP contribution in [0, 0.1) is 0 Å². The maximum Gasteiger partial charge on any atom is 0.155 e. The second-order valence-electron chi connectivity index (χ2n) is 5.26. The highest BCUT2D eigenvalue weighted by Gasteiger charge is 2.19. The van der Waals surface area contributed by atoms with Crippen LogP contribution in [0.15, 0.2) is 30.6 Å². The van der Waals surface area contributed by atoms with E-state index in [4.69, 9.17) is 17.3 Å². The van der Waals surface area contributed by atoms with Crippen molar-refractivity contribution in [3.05, 3.63) is 35.6 Å². The number of piperazine rings is 1. The molecule has 1 aromatic carbocycles. The lowest BCUT2D eigenvalue weighted by Gasteiger charge is -2.33. The number of halogens is 1. The summed E-state index contributed by atoms with van der Waals surface area (Å²) in [6.45, 7) is 3.87. The predicted molar refractivity (Wildman–Crippen MR) is 86.6 cm³/mol. The van der Waals surface area contributed by atoms with E-state index in [0.717, 1.165) is 43.3 Å². The first-order chi connectivity index (χ1) is 10.1. The molecule has 3 rings (SSSR count). The number of hydrogen-bond donors (Lipinski definition) is 1. The highest BCUT2D eigenvalue weighted by Crippen LogP contribution is 2.31. The number of aromatic nitrogens is 2. The molecule has 1 saturated heterocycles. The Balaban J connectivity index is 1.95. The normalized spacial score (nSPS) is 16.2. The topological polar surface area (TPSA) is 58.3 Å². The molecule has 1 aliphatic rings. The van der Waals surface area contributed by atoms with Crippen LogP contribution >= 0.6 is 11.6 Å². The van der Waals surface area contributed by atoms with Gasteiger partial charge in [-0.2, -0.15) is 0 Å². The molecule has 1 aromatic heterocycles. The molecule has 2 N–H and O–H groups in total. The number of nitrogen functional groups attached to an aromatic ring is 1. The average Bonchev–Trinajstić information content (AvgIpc) is 2.48. The number of anilines is 2. The quantitative estimate of drug-likeness (QED) is 0.921. The van der Waals surface area contributed by atoms with Crippen molar-refractivity contribution in [2.75, 3.05) is 43.9 Å². The van der Waals surface area contributed by atoms with Gasteiger partial charge in [0.05, 0.1) is 5.69 Å². The van der Waals surface area contributed by atoms with Gasteiger partial charge in [0.1, 0.15) is 12.0 Å². The van der Waals surface area contributed by atoms with Crippen LogP contribution in [-0.2, 0) is 0 Å². The Morgan fingerprint density at radius 3 is 2.62 bits per heavy atom. The standard InChI is InChI=1S/C15H18ClN5/c1-20-5-7-21(8-6-20)15-13(17)14(18-10-19-15)11-3-2-4-12(16)9-11/h2-4,9-10H,5-8,17H2,1H3. The molecule has 0 radical (unpaired) electrons. The van der Waals surface area contributed by atoms with Crippen LogP contribution in [-0.4, -0.2) is 48.1 Å². The zero-order chi connectivity index (χ0) is 14.8. The van der Waals surface area contributed by atoms with Crippen molar-refractivity contribution < 1.29 is 0 Å². The van der Waals surface area contributed by atoms with Gasteiger partial charge < -0.3 is 15.5 Å². The lowest BCUT2D eigenvalue weighted by molar-refractivity contribution is 0.312. The van der Waals surface area contributed by atoms with Gasteiger partial charge in [-0.1, -0.05) is 23.7 Å². The summed E-state index contributed by atoms with van der Waals surface area (Å²) < 4.78 is 0. The molecule has 2 aromatic rings. The van der Waals surface area contributed by atoms with Gasteiger partial charge in [0.15, 0.2) is 5.82 Å². The molecule has 1 fully saturated rings. The summed E-state index contributed by atoms with van der Waals surface area (Å²) >= 11 is 6.05. The fourth-order valence-corrected chi connectivity index (χ4v) is 2.71. The Labute approximate surface area is 129 Å². The smallest absolute Gasteiger partial charge is 0.155 e. The molecule has 110 valence electrons. The fourth-order valence-electron chi connectivity index (χ4n) is 2.52. The predicted octanol–water partition coefficient (Wildman–Crippen LogP) is 2.13. The van der Waals surface area contributed by atoms with E-state index in [1.54, 1.807) is 6.33 Å². The number of nitrogens with zero attached hydrogens (tertiary/aromatic N) is 4. The highest BCUT2D eigenvalue weighted by molar-refractivity contribution is 6.30. The third-order valence-corrected chi connectivity index (χ3v) is 4.00. The van der Waals surface area contributed by atoms with Crippen molar-refractivity contribution in [1.29, 1.82) is 0 Å². The highest BCUT2D eigenvalue weighted by atomic mass is 35.5. The molecule has 6 heteroatoms. The van der Waals surface area contributed by atoms with E-state index in [9.17, 15) is 0 Å². The lowest BCUT2D eigenvalue weighted by Crippen LogP contribution is -2.45. The van der Waals surface area contributed by atoms with Gasteiger partial charge >= 0.3 is 0 Å². The maximum atomic E-state index is 6.31. The van der Waals surface area contributed by atoms with Crippen molar-refractivity contribution in [3.8, 4) is 11.3 Å². The Bertz CT molecular complexity index is 638. The summed E-state index contributed by atoms with van der Waals surface area (Å²) in [5.41, 5.74) is 8.57. The summed E-state index contributed by atoms with van der Waals surface area (Å²) in [6, 6.07) is 7.56. The van der Waals surface area contributed by atoms with Gasteiger partial charge in [-0.3, -0.25) is 0 Å². The van der Waals surface area contributed by atoms with Gasteiger partial charge in [0.25, 0.3) is 0 Å². The summed E-state index contributed by atoms with van der Waals surface area (Å²) in [5.74, 6) is 0.813. The molecule has 0 aliphatic carbocycles. The Kier molecular flexibility index (Phi) is 3.94. The molecule has 0 bridgehead atoms. The molecule has 21 heavy (non-hydrogen) atoms. The van der Waals surface area contributed by atoms with Crippen molar-refractivity contribution in [2.24, 2.45) is 0 Å². The Morgan fingerprint density at radius 2 is 1.90 bits per heavy atom. The van der Waals surface area contributed by atoms with Gasteiger partial charge in [0.2, 0.25) is 0 Å². The lowest BCUT2D eigenvalue weighted by atomic mass is 10.1. The number of rotatable bonds is 2. The first-order valence-electron chi connectivity index (χ1n) is 6.95. The first kappa shape index (κ1) is 14.1. The van der Waals surface area contributed by atoms with E-state index < -0.39 is 0 Å². The van der Waals surface area contributed by atoms with E-state index in [1.807, 2.05) is 24.3 Å². The minimum absolute atomic E-state index is 0.615. The van der Waals surface area contributed by atoms with Crippen molar-refractivity contribution in [1.82, 2.24) is 14.9 Å². The van der Waals surface area contributed by atoms with E-state index in [-0.39, 0.29) is 0 Å². The van der Waals surface area contributed by atoms with Crippen LogP contribution in [0.3, 0.4) is 0 Å². The van der Waals surface area contributed by atoms with Gasteiger partial charge in [-0.15, -0.1) is 0 Å². The van der Waals surface area contributed by atoms with Crippen molar-refractivity contribution in [2.45, 2.75) is 0 Å². The van der Waals surface area contributed by atoms with Crippen LogP contribution in [0.5, 0.6) is 0 Å².